The fraction of sp³-hybridized carbons (Fsp3) is 0.438. The van der Waals surface area contributed by atoms with Gasteiger partial charge in [0.1, 0.15) is 0 Å². The highest BCUT2D eigenvalue weighted by atomic mass is 15.1. The molecule has 0 amide bonds. The zero-order valence-electron chi connectivity index (χ0n) is 11.6. The molecular weight excluding hydrogens is 248 g/mol. The molecule has 2 saturated heterocycles. The number of anilines is 1. The molecule has 4 nitrogen and oxygen atoms in total. The molecule has 0 aliphatic carbocycles. The maximum atomic E-state index is 4.33. The highest BCUT2D eigenvalue weighted by molar-refractivity contribution is 5.52. The standard InChI is InChI=1S/C16H20N4/c1-2-8-19(7-1)14-3-5-15(6-4-14)20-12-18-11-16(20)13-9-17-10-13/h3-6,11-13,17H,1-2,7-10H2. The monoisotopic (exact) mass is 268 g/mol. The van der Waals surface area contributed by atoms with Gasteiger partial charge in [-0.25, -0.2) is 4.98 Å². The second kappa shape index (κ2) is 4.94. The summed E-state index contributed by atoms with van der Waals surface area (Å²) in [7, 11) is 0. The summed E-state index contributed by atoms with van der Waals surface area (Å²) in [6.07, 6.45) is 6.57. The molecule has 1 N–H and O–H groups in total. The largest absolute Gasteiger partial charge is 0.372 e. The van der Waals surface area contributed by atoms with E-state index in [1.165, 1.54) is 43.0 Å². The Hall–Kier alpha value is -1.81. The Morgan fingerprint density at radius 2 is 1.70 bits per heavy atom. The number of nitrogens with one attached hydrogen (secondary N) is 1. The quantitative estimate of drug-likeness (QED) is 0.926. The van der Waals surface area contributed by atoms with Gasteiger partial charge in [-0.05, 0) is 37.1 Å². The summed E-state index contributed by atoms with van der Waals surface area (Å²) in [5, 5.41) is 3.33. The van der Waals surface area contributed by atoms with Gasteiger partial charge >= 0.3 is 0 Å². The van der Waals surface area contributed by atoms with Crippen LogP contribution in [0.2, 0.25) is 0 Å². The topological polar surface area (TPSA) is 33.1 Å². The predicted molar refractivity (Wildman–Crippen MR) is 80.6 cm³/mol. The highest BCUT2D eigenvalue weighted by Gasteiger charge is 2.22. The van der Waals surface area contributed by atoms with Crippen molar-refractivity contribution in [2.75, 3.05) is 31.1 Å². The third-order valence-electron chi connectivity index (χ3n) is 4.47. The van der Waals surface area contributed by atoms with Crippen LogP contribution in [-0.4, -0.2) is 35.7 Å². The van der Waals surface area contributed by atoms with Crippen LogP contribution in [0.1, 0.15) is 24.5 Å². The second-order valence-electron chi connectivity index (χ2n) is 5.75. The van der Waals surface area contributed by atoms with Crippen molar-refractivity contribution in [3.05, 3.63) is 42.5 Å². The fourth-order valence-corrected chi connectivity index (χ4v) is 3.12. The smallest absolute Gasteiger partial charge is 0.0994 e. The Balaban J connectivity index is 1.60. The Labute approximate surface area is 119 Å². The molecule has 1 aromatic heterocycles. The molecule has 4 rings (SSSR count). The van der Waals surface area contributed by atoms with Gasteiger partial charge in [-0.1, -0.05) is 0 Å². The number of rotatable bonds is 3. The SMILES string of the molecule is c1cc(-n2cncc2C2CNC2)ccc1N1CCCC1. The maximum absolute atomic E-state index is 4.33. The average molecular weight is 268 g/mol. The van der Waals surface area contributed by atoms with E-state index in [0.29, 0.717) is 5.92 Å². The second-order valence-corrected chi connectivity index (χ2v) is 5.75. The first kappa shape index (κ1) is 12.0. The van der Waals surface area contributed by atoms with Crippen LogP contribution in [-0.2, 0) is 0 Å². The van der Waals surface area contributed by atoms with E-state index in [1.807, 2.05) is 12.5 Å². The average Bonchev–Trinajstić information content (AvgIpc) is 3.08. The fourth-order valence-electron chi connectivity index (χ4n) is 3.12. The van der Waals surface area contributed by atoms with Gasteiger partial charge in [0.15, 0.2) is 0 Å². The number of hydrogen-bond donors (Lipinski definition) is 1. The van der Waals surface area contributed by atoms with Gasteiger partial charge in [0.25, 0.3) is 0 Å². The summed E-state index contributed by atoms with van der Waals surface area (Å²) in [4.78, 5) is 6.79. The van der Waals surface area contributed by atoms with Gasteiger partial charge in [-0.2, -0.15) is 0 Å². The molecule has 0 saturated carbocycles. The molecule has 2 fully saturated rings. The molecular formula is C16H20N4. The molecule has 0 unspecified atom stereocenters. The third-order valence-corrected chi connectivity index (χ3v) is 4.47. The molecule has 0 atom stereocenters. The Bertz CT molecular complexity index is 577. The molecule has 0 bridgehead atoms. The first-order chi connectivity index (χ1) is 9.92. The summed E-state index contributed by atoms with van der Waals surface area (Å²) in [5.41, 5.74) is 3.88. The lowest BCUT2D eigenvalue weighted by Gasteiger charge is -2.28. The number of aromatic nitrogens is 2. The van der Waals surface area contributed by atoms with Gasteiger partial charge in [0, 0.05) is 55.4 Å². The Morgan fingerprint density at radius 1 is 1.00 bits per heavy atom. The van der Waals surface area contributed by atoms with E-state index in [2.05, 4.69) is 44.0 Å². The van der Waals surface area contributed by atoms with Gasteiger partial charge in [-0.15, -0.1) is 0 Å². The van der Waals surface area contributed by atoms with Crippen LogP contribution in [0.3, 0.4) is 0 Å². The van der Waals surface area contributed by atoms with Crippen molar-refractivity contribution in [2.45, 2.75) is 18.8 Å². The third kappa shape index (κ3) is 2.00. The molecule has 2 aliphatic rings. The van der Waals surface area contributed by atoms with E-state index in [9.17, 15) is 0 Å². The number of nitrogens with zero attached hydrogens (tertiary/aromatic N) is 3. The summed E-state index contributed by atoms with van der Waals surface area (Å²) >= 11 is 0. The summed E-state index contributed by atoms with van der Waals surface area (Å²) < 4.78 is 2.22. The molecule has 2 aliphatic heterocycles. The minimum Gasteiger partial charge on any atom is -0.372 e. The van der Waals surface area contributed by atoms with Crippen molar-refractivity contribution in [3.8, 4) is 5.69 Å². The van der Waals surface area contributed by atoms with Crippen LogP contribution in [0.4, 0.5) is 5.69 Å². The zero-order valence-corrected chi connectivity index (χ0v) is 11.6. The molecule has 20 heavy (non-hydrogen) atoms. The number of hydrogen-bond acceptors (Lipinski definition) is 3. The van der Waals surface area contributed by atoms with Crippen molar-refractivity contribution < 1.29 is 0 Å². The minimum atomic E-state index is 0.607. The molecule has 4 heteroatoms. The molecule has 0 spiro atoms. The van der Waals surface area contributed by atoms with E-state index in [0.717, 1.165) is 13.1 Å². The summed E-state index contributed by atoms with van der Waals surface area (Å²) in [6.45, 7) is 4.53. The van der Waals surface area contributed by atoms with Crippen molar-refractivity contribution in [1.29, 1.82) is 0 Å². The van der Waals surface area contributed by atoms with E-state index in [-0.39, 0.29) is 0 Å². The first-order valence-electron chi connectivity index (χ1n) is 7.50. The van der Waals surface area contributed by atoms with E-state index >= 15 is 0 Å². The molecule has 104 valence electrons. The summed E-state index contributed by atoms with van der Waals surface area (Å²) in [6, 6.07) is 8.91. The van der Waals surface area contributed by atoms with Gasteiger partial charge in [0.2, 0.25) is 0 Å². The van der Waals surface area contributed by atoms with Crippen LogP contribution in [0.5, 0.6) is 0 Å². The lowest BCUT2D eigenvalue weighted by Crippen LogP contribution is -2.40. The Kier molecular flexibility index (Phi) is 2.96. The lowest BCUT2D eigenvalue weighted by molar-refractivity contribution is 0.435. The van der Waals surface area contributed by atoms with Crippen molar-refractivity contribution in [2.24, 2.45) is 0 Å². The van der Waals surface area contributed by atoms with Crippen molar-refractivity contribution in [3.63, 3.8) is 0 Å². The van der Waals surface area contributed by atoms with Crippen LogP contribution >= 0.6 is 0 Å². The predicted octanol–water partition coefficient (Wildman–Crippen LogP) is 2.16. The van der Waals surface area contributed by atoms with E-state index in [1.54, 1.807) is 0 Å². The zero-order chi connectivity index (χ0) is 13.4. The van der Waals surface area contributed by atoms with Crippen LogP contribution in [0, 0.1) is 0 Å². The Morgan fingerprint density at radius 3 is 2.35 bits per heavy atom. The van der Waals surface area contributed by atoms with Crippen LogP contribution < -0.4 is 10.2 Å². The molecule has 0 radical (unpaired) electrons. The molecule has 1 aromatic carbocycles. The highest BCUT2D eigenvalue weighted by Crippen LogP contribution is 2.25. The normalized spacial score (nSPS) is 19.3. The van der Waals surface area contributed by atoms with E-state index < -0.39 is 0 Å². The first-order valence-corrected chi connectivity index (χ1v) is 7.50. The van der Waals surface area contributed by atoms with Gasteiger partial charge in [0.05, 0.1) is 6.33 Å². The van der Waals surface area contributed by atoms with Gasteiger partial charge in [-0.3, -0.25) is 0 Å². The number of imidazole rings is 1. The molecule has 2 aromatic rings. The molecule has 3 heterocycles. The number of benzene rings is 1. The van der Waals surface area contributed by atoms with Crippen LogP contribution in [0.25, 0.3) is 5.69 Å². The maximum Gasteiger partial charge on any atom is 0.0994 e. The minimum absolute atomic E-state index is 0.607. The van der Waals surface area contributed by atoms with Crippen molar-refractivity contribution >= 4 is 5.69 Å². The summed E-state index contributed by atoms with van der Waals surface area (Å²) in [5.74, 6) is 0.607. The lowest BCUT2D eigenvalue weighted by atomic mass is 10.00. The van der Waals surface area contributed by atoms with E-state index in [4.69, 9.17) is 0 Å². The van der Waals surface area contributed by atoms with Crippen molar-refractivity contribution in [1.82, 2.24) is 14.9 Å². The van der Waals surface area contributed by atoms with Crippen LogP contribution in [0.15, 0.2) is 36.8 Å². The van der Waals surface area contributed by atoms with Gasteiger partial charge < -0.3 is 14.8 Å².